The van der Waals surface area contributed by atoms with Crippen LogP contribution in [0, 0.1) is 0 Å². The van der Waals surface area contributed by atoms with Crippen LogP contribution in [-0.2, 0) is 16.6 Å². The van der Waals surface area contributed by atoms with E-state index in [9.17, 15) is 8.42 Å². The molecule has 0 saturated carbocycles. The van der Waals surface area contributed by atoms with Gasteiger partial charge in [0.05, 0.1) is 18.8 Å². The zero-order valence-electron chi connectivity index (χ0n) is 16.6. The molecular formula is C19H29N5O3S2. The zero-order valence-corrected chi connectivity index (χ0v) is 18.3. The van der Waals surface area contributed by atoms with E-state index in [1.165, 1.54) is 25.3 Å². The number of furan rings is 1. The molecule has 8 nitrogen and oxygen atoms in total. The third kappa shape index (κ3) is 6.30. The Hall–Kier alpha value is -1.88. The van der Waals surface area contributed by atoms with Gasteiger partial charge in [-0.1, -0.05) is 6.42 Å². The van der Waals surface area contributed by atoms with Crippen molar-refractivity contribution in [2.24, 2.45) is 10.1 Å². The Morgan fingerprint density at radius 1 is 1.28 bits per heavy atom. The average molecular weight is 440 g/mol. The Morgan fingerprint density at radius 2 is 2.07 bits per heavy atom. The molecule has 1 aliphatic rings. The number of guanidine groups is 1. The second-order valence-electron chi connectivity index (χ2n) is 6.97. The molecule has 3 heterocycles. The molecule has 0 radical (unpaired) electrons. The van der Waals surface area contributed by atoms with E-state index in [4.69, 9.17) is 9.56 Å². The fourth-order valence-electron chi connectivity index (χ4n) is 3.41. The predicted octanol–water partition coefficient (Wildman–Crippen LogP) is 2.27. The number of piperidine rings is 1. The van der Waals surface area contributed by atoms with Crippen LogP contribution in [-0.4, -0.2) is 45.5 Å². The van der Waals surface area contributed by atoms with Gasteiger partial charge in [0.2, 0.25) is 10.0 Å². The highest BCUT2D eigenvalue weighted by atomic mass is 32.2. The molecule has 1 unspecified atom stereocenters. The molecule has 0 aromatic carbocycles. The summed E-state index contributed by atoms with van der Waals surface area (Å²) in [6.07, 6.45) is 5.40. The lowest BCUT2D eigenvalue weighted by atomic mass is 10.1. The maximum Gasteiger partial charge on any atom is 0.247 e. The second-order valence-corrected chi connectivity index (χ2v) is 9.93. The number of likely N-dealkylation sites (tertiary alicyclic amines) is 1. The molecular weight excluding hydrogens is 410 g/mol. The average Bonchev–Trinajstić information content (AvgIpc) is 3.39. The van der Waals surface area contributed by atoms with Crippen molar-refractivity contribution in [3.05, 3.63) is 41.2 Å². The van der Waals surface area contributed by atoms with Crippen molar-refractivity contribution in [3.63, 3.8) is 0 Å². The summed E-state index contributed by atoms with van der Waals surface area (Å²) in [5.74, 6) is 1.64. The summed E-state index contributed by atoms with van der Waals surface area (Å²) in [6, 6.07) is 7.35. The van der Waals surface area contributed by atoms with Gasteiger partial charge in [0.25, 0.3) is 0 Å². The molecule has 4 N–H and O–H groups in total. The van der Waals surface area contributed by atoms with Crippen LogP contribution < -0.4 is 15.8 Å². The highest BCUT2D eigenvalue weighted by Gasteiger charge is 2.24. The Bertz CT molecular complexity index is 887. The van der Waals surface area contributed by atoms with Crippen molar-refractivity contribution in [1.82, 2.24) is 15.5 Å². The lowest BCUT2D eigenvalue weighted by Gasteiger charge is -2.33. The summed E-state index contributed by atoms with van der Waals surface area (Å²) < 4.78 is 28.7. The van der Waals surface area contributed by atoms with Crippen LogP contribution in [0.15, 0.2) is 44.1 Å². The van der Waals surface area contributed by atoms with Crippen LogP contribution in [0.2, 0.25) is 0 Å². The number of rotatable bonds is 8. The zero-order chi connectivity index (χ0) is 20.7. The van der Waals surface area contributed by atoms with E-state index in [1.807, 2.05) is 19.1 Å². The molecule has 1 atom stereocenters. The van der Waals surface area contributed by atoms with Crippen molar-refractivity contribution in [3.8, 4) is 0 Å². The number of hydrogen-bond acceptors (Lipinski definition) is 6. The summed E-state index contributed by atoms with van der Waals surface area (Å²) in [7, 11) is -3.67. The second kappa shape index (κ2) is 10.2. The van der Waals surface area contributed by atoms with Gasteiger partial charge in [-0.3, -0.25) is 4.90 Å². The van der Waals surface area contributed by atoms with Crippen LogP contribution in [0.25, 0.3) is 0 Å². The van der Waals surface area contributed by atoms with Gasteiger partial charge in [0, 0.05) is 18.0 Å². The Labute approximate surface area is 176 Å². The largest absolute Gasteiger partial charge is 0.468 e. The van der Waals surface area contributed by atoms with E-state index >= 15 is 0 Å². The highest BCUT2D eigenvalue weighted by Crippen LogP contribution is 2.24. The molecule has 0 spiro atoms. The summed E-state index contributed by atoms with van der Waals surface area (Å²) in [5, 5.41) is 11.8. The fourth-order valence-corrected chi connectivity index (χ4v) is 5.11. The van der Waals surface area contributed by atoms with Crippen LogP contribution in [0.5, 0.6) is 0 Å². The number of aliphatic imine (C=N–C) groups is 1. The van der Waals surface area contributed by atoms with E-state index in [0.29, 0.717) is 19.0 Å². The number of nitrogens with two attached hydrogens (primary N) is 1. The monoisotopic (exact) mass is 439 g/mol. The molecule has 0 amide bonds. The van der Waals surface area contributed by atoms with Gasteiger partial charge < -0.3 is 15.1 Å². The standard InChI is InChI=1S/C19H29N5O3S2/c1-2-21-19(22-13-15-8-9-18(28-15)29(20,25)26)23-14-16(17-7-6-12-27-17)24-10-4-3-5-11-24/h6-9,12,16H,2-5,10-11,13-14H2,1H3,(H2,20,25,26)(H2,21,22,23). The van der Waals surface area contributed by atoms with Crippen molar-refractivity contribution >= 4 is 27.3 Å². The third-order valence-corrected chi connectivity index (χ3v) is 7.33. The first-order valence-electron chi connectivity index (χ1n) is 9.88. The first kappa shape index (κ1) is 21.8. The summed E-state index contributed by atoms with van der Waals surface area (Å²) in [6.45, 7) is 5.92. The lowest BCUT2D eigenvalue weighted by molar-refractivity contribution is 0.146. The summed E-state index contributed by atoms with van der Waals surface area (Å²) in [5.41, 5.74) is 0. The molecule has 29 heavy (non-hydrogen) atoms. The number of hydrogen-bond donors (Lipinski definition) is 3. The number of primary sulfonamides is 1. The normalized spacial score (nSPS) is 17.2. The Morgan fingerprint density at radius 3 is 2.69 bits per heavy atom. The fraction of sp³-hybridized carbons (Fsp3) is 0.526. The van der Waals surface area contributed by atoms with Gasteiger partial charge in [0.1, 0.15) is 9.97 Å². The Kier molecular flexibility index (Phi) is 7.70. The van der Waals surface area contributed by atoms with Gasteiger partial charge in [-0.15, -0.1) is 11.3 Å². The van der Waals surface area contributed by atoms with Crippen molar-refractivity contribution < 1.29 is 12.8 Å². The number of thiophene rings is 1. The van der Waals surface area contributed by atoms with Gasteiger partial charge in [-0.2, -0.15) is 0 Å². The molecule has 1 aliphatic heterocycles. The van der Waals surface area contributed by atoms with Crippen molar-refractivity contribution in [2.75, 3.05) is 26.2 Å². The van der Waals surface area contributed by atoms with E-state index in [1.54, 1.807) is 12.3 Å². The van der Waals surface area contributed by atoms with E-state index in [0.717, 1.165) is 41.6 Å². The highest BCUT2D eigenvalue weighted by molar-refractivity contribution is 7.91. The van der Waals surface area contributed by atoms with Crippen molar-refractivity contribution in [1.29, 1.82) is 0 Å². The first-order chi connectivity index (χ1) is 14.0. The minimum absolute atomic E-state index is 0.143. The molecule has 0 aliphatic carbocycles. The molecule has 2 aromatic heterocycles. The van der Waals surface area contributed by atoms with E-state index < -0.39 is 10.0 Å². The maximum absolute atomic E-state index is 11.4. The Balaban J connectivity index is 1.66. The minimum Gasteiger partial charge on any atom is -0.468 e. The van der Waals surface area contributed by atoms with Crippen LogP contribution in [0.3, 0.4) is 0 Å². The molecule has 0 bridgehead atoms. The van der Waals surface area contributed by atoms with Crippen LogP contribution >= 0.6 is 11.3 Å². The van der Waals surface area contributed by atoms with Gasteiger partial charge >= 0.3 is 0 Å². The van der Waals surface area contributed by atoms with Crippen molar-refractivity contribution in [2.45, 2.75) is 43.0 Å². The van der Waals surface area contributed by atoms with Gasteiger partial charge in [-0.25, -0.2) is 18.5 Å². The minimum atomic E-state index is -3.67. The SMILES string of the molecule is CCNC(=NCc1ccc(S(N)(=O)=O)s1)NCC(c1ccco1)N1CCCCC1. The van der Waals surface area contributed by atoms with E-state index in [-0.39, 0.29) is 10.3 Å². The smallest absolute Gasteiger partial charge is 0.247 e. The number of nitrogens with zero attached hydrogens (tertiary/aromatic N) is 2. The maximum atomic E-state index is 11.4. The van der Waals surface area contributed by atoms with Crippen LogP contribution in [0.1, 0.15) is 42.9 Å². The molecule has 10 heteroatoms. The van der Waals surface area contributed by atoms with Gasteiger partial charge in [0.15, 0.2) is 5.96 Å². The number of sulfonamides is 1. The first-order valence-corrected chi connectivity index (χ1v) is 12.2. The molecule has 1 fully saturated rings. The lowest BCUT2D eigenvalue weighted by Crippen LogP contribution is -2.44. The molecule has 1 saturated heterocycles. The summed E-state index contributed by atoms with van der Waals surface area (Å²) in [4.78, 5) is 7.89. The van der Waals surface area contributed by atoms with Gasteiger partial charge in [-0.05, 0) is 57.1 Å². The predicted molar refractivity (Wildman–Crippen MR) is 115 cm³/mol. The van der Waals surface area contributed by atoms with E-state index in [2.05, 4.69) is 20.5 Å². The molecule has 2 aromatic rings. The summed E-state index contributed by atoms with van der Waals surface area (Å²) >= 11 is 1.15. The molecule has 160 valence electrons. The third-order valence-electron chi connectivity index (χ3n) is 4.82. The molecule has 3 rings (SSSR count). The van der Waals surface area contributed by atoms with Crippen LogP contribution in [0.4, 0.5) is 0 Å². The number of nitrogens with one attached hydrogen (secondary N) is 2. The quantitative estimate of drug-likeness (QED) is 0.430. The topological polar surface area (TPSA) is 113 Å².